The number of hydrogen-bond donors (Lipinski definition) is 1. The lowest BCUT2D eigenvalue weighted by Crippen LogP contribution is -2.42. The largest absolute Gasteiger partial charge is 0.339 e. The van der Waals surface area contributed by atoms with Crippen LogP contribution in [0.2, 0.25) is 0 Å². The quantitative estimate of drug-likeness (QED) is 0.677. The SMILES string of the molecule is Cc1ccnc(NC(=O)C2CCN(C(=O)c3cc(S(=O)(=O)N4CCCCC4C)ccc3C)CC2)c1. The summed E-state index contributed by atoms with van der Waals surface area (Å²) >= 11 is 0. The van der Waals surface area contributed by atoms with Crippen LogP contribution in [0.5, 0.6) is 0 Å². The third-order valence-electron chi connectivity index (χ3n) is 7.11. The van der Waals surface area contributed by atoms with Gasteiger partial charge in [-0.15, -0.1) is 0 Å². The van der Waals surface area contributed by atoms with E-state index >= 15 is 0 Å². The molecule has 0 spiro atoms. The van der Waals surface area contributed by atoms with Gasteiger partial charge in [0.15, 0.2) is 0 Å². The van der Waals surface area contributed by atoms with Crippen molar-refractivity contribution >= 4 is 27.7 Å². The second kappa shape index (κ2) is 10.5. The molecule has 2 aromatic rings. The Kier molecular flexibility index (Phi) is 7.56. The number of rotatable bonds is 5. The Hall–Kier alpha value is -2.78. The van der Waals surface area contributed by atoms with Crippen molar-refractivity contribution in [2.24, 2.45) is 5.92 Å². The van der Waals surface area contributed by atoms with Gasteiger partial charge >= 0.3 is 0 Å². The van der Waals surface area contributed by atoms with Gasteiger partial charge in [-0.05, 0) is 81.8 Å². The fourth-order valence-corrected chi connectivity index (χ4v) is 6.63. The lowest BCUT2D eigenvalue weighted by Gasteiger charge is -2.33. The Morgan fingerprint density at radius 1 is 1.00 bits per heavy atom. The summed E-state index contributed by atoms with van der Waals surface area (Å²) in [6.45, 7) is 7.09. The highest BCUT2D eigenvalue weighted by molar-refractivity contribution is 7.89. The number of pyridine rings is 1. The summed E-state index contributed by atoms with van der Waals surface area (Å²) in [7, 11) is -3.66. The van der Waals surface area contributed by atoms with Crippen LogP contribution in [-0.2, 0) is 14.8 Å². The van der Waals surface area contributed by atoms with Crippen LogP contribution in [0.4, 0.5) is 5.82 Å². The lowest BCUT2D eigenvalue weighted by molar-refractivity contribution is -0.121. The number of anilines is 1. The van der Waals surface area contributed by atoms with Crippen LogP contribution < -0.4 is 5.32 Å². The van der Waals surface area contributed by atoms with Crippen molar-refractivity contribution in [1.29, 1.82) is 0 Å². The standard InChI is InChI=1S/C26H34N4O4S/c1-18-9-12-27-24(16-18)28-25(31)21-10-14-29(15-11-21)26(32)23-17-22(8-7-19(23)2)35(33,34)30-13-5-4-6-20(30)3/h7-9,12,16-17,20-21H,4-6,10-11,13-15H2,1-3H3,(H,27,28,31). The minimum atomic E-state index is -3.66. The molecule has 35 heavy (non-hydrogen) atoms. The highest BCUT2D eigenvalue weighted by Gasteiger charge is 2.33. The van der Waals surface area contributed by atoms with Crippen LogP contribution in [0.1, 0.15) is 60.5 Å². The Morgan fingerprint density at radius 3 is 2.43 bits per heavy atom. The van der Waals surface area contributed by atoms with E-state index in [9.17, 15) is 18.0 Å². The number of piperidine rings is 2. The lowest BCUT2D eigenvalue weighted by atomic mass is 9.95. The van der Waals surface area contributed by atoms with Crippen molar-refractivity contribution in [1.82, 2.24) is 14.2 Å². The summed E-state index contributed by atoms with van der Waals surface area (Å²) in [5, 5.41) is 2.87. The molecular weight excluding hydrogens is 464 g/mol. The molecule has 2 aliphatic heterocycles. The number of carbonyl (C=O) groups excluding carboxylic acids is 2. The smallest absolute Gasteiger partial charge is 0.254 e. The number of benzene rings is 1. The molecule has 2 aliphatic rings. The van der Waals surface area contributed by atoms with Crippen LogP contribution in [0.3, 0.4) is 0 Å². The van der Waals surface area contributed by atoms with Gasteiger partial charge in [0.2, 0.25) is 15.9 Å². The molecule has 8 nitrogen and oxygen atoms in total. The Labute approximate surface area is 207 Å². The first-order valence-corrected chi connectivity index (χ1v) is 13.8. The number of carbonyl (C=O) groups is 2. The van der Waals surface area contributed by atoms with E-state index in [0.717, 1.165) is 30.4 Å². The third kappa shape index (κ3) is 5.56. The van der Waals surface area contributed by atoms with Crippen LogP contribution in [0.15, 0.2) is 41.4 Å². The summed E-state index contributed by atoms with van der Waals surface area (Å²) in [5.74, 6) is 0.0560. The first-order valence-electron chi connectivity index (χ1n) is 12.3. The number of sulfonamides is 1. The number of amides is 2. The summed E-state index contributed by atoms with van der Waals surface area (Å²) < 4.78 is 28.2. The van der Waals surface area contributed by atoms with Crippen molar-refractivity contribution in [3.8, 4) is 0 Å². The first kappa shape index (κ1) is 25.3. The van der Waals surface area contributed by atoms with E-state index in [1.807, 2.05) is 32.9 Å². The molecule has 188 valence electrons. The minimum Gasteiger partial charge on any atom is -0.339 e. The molecule has 2 fully saturated rings. The van der Waals surface area contributed by atoms with E-state index in [0.29, 0.717) is 43.9 Å². The van der Waals surface area contributed by atoms with Crippen LogP contribution in [0.25, 0.3) is 0 Å². The maximum Gasteiger partial charge on any atom is 0.254 e. The monoisotopic (exact) mass is 498 g/mol. The fraction of sp³-hybridized carbons (Fsp3) is 0.500. The number of hydrogen-bond acceptors (Lipinski definition) is 5. The zero-order valence-electron chi connectivity index (χ0n) is 20.7. The zero-order chi connectivity index (χ0) is 25.2. The van der Waals surface area contributed by atoms with Crippen LogP contribution in [0, 0.1) is 19.8 Å². The van der Waals surface area contributed by atoms with Crippen LogP contribution >= 0.6 is 0 Å². The van der Waals surface area contributed by atoms with E-state index in [-0.39, 0.29) is 28.7 Å². The summed E-state index contributed by atoms with van der Waals surface area (Å²) in [4.78, 5) is 32.1. The maximum absolute atomic E-state index is 13.4. The molecule has 9 heteroatoms. The van der Waals surface area contributed by atoms with Crippen molar-refractivity contribution in [2.75, 3.05) is 25.0 Å². The van der Waals surface area contributed by atoms with Gasteiger partial charge in [-0.3, -0.25) is 9.59 Å². The highest BCUT2D eigenvalue weighted by Crippen LogP contribution is 2.28. The van der Waals surface area contributed by atoms with E-state index in [2.05, 4.69) is 10.3 Å². The number of likely N-dealkylation sites (tertiary alicyclic amines) is 1. The molecule has 2 saturated heterocycles. The summed E-state index contributed by atoms with van der Waals surface area (Å²) in [6.07, 6.45) is 5.48. The number of aromatic nitrogens is 1. The molecule has 4 rings (SSSR count). The van der Waals surface area contributed by atoms with E-state index in [1.165, 1.54) is 6.07 Å². The molecule has 1 unspecified atom stereocenters. The Morgan fingerprint density at radius 2 is 1.74 bits per heavy atom. The van der Waals surface area contributed by atoms with Crippen molar-refractivity contribution in [2.45, 2.75) is 63.8 Å². The number of nitrogens with one attached hydrogen (secondary N) is 1. The second-order valence-corrected chi connectivity index (χ2v) is 11.6. The average molecular weight is 499 g/mol. The van der Waals surface area contributed by atoms with Crippen molar-refractivity contribution < 1.29 is 18.0 Å². The van der Waals surface area contributed by atoms with Crippen LogP contribution in [-0.4, -0.2) is 60.1 Å². The number of aryl methyl sites for hydroxylation is 2. The molecule has 1 aromatic heterocycles. The average Bonchev–Trinajstić information content (AvgIpc) is 2.84. The van der Waals surface area contributed by atoms with Gasteiger partial charge in [0.25, 0.3) is 5.91 Å². The van der Waals surface area contributed by atoms with Gasteiger partial charge in [0, 0.05) is 43.4 Å². The summed E-state index contributed by atoms with van der Waals surface area (Å²) in [6, 6.07) is 8.48. The highest BCUT2D eigenvalue weighted by atomic mass is 32.2. The molecule has 1 N–H and O–H groups in total. The van der Waals surface area contributed by atoms with Gasteiger partial charge in [0.1, 0.15) is 5.82 Å². The molecule has 0 radical (unpaired) electrons. The normalized spacial score (nSPS) is 20.0. The van der Waals surface area contributed by atoms with E-state index in [1.54, 1.807) is 27.5 Å². The molecule has 2 amide bonds. The minimum absolute atomic E-state index is 0.0469. The van der Waals surface area contributed by atoms with E-state index < -0.39 is 10.0 Å². The molecule has 0 bridgehead atoms. The van der Waals surface area contributed by atoms with E-state index in [4.69, 9.17) is 0 Å². The molecular formula is C26H34N4O4S. The fourth-order valence-electron chi connectivity index (χ4n) is 4.90. The maximum atomic E-state index is 13.4. The molecule has 3 heterocycles. The molecule has 1 atom stereocenters. The zero-order valence-corrected chi connectivity index (χ0v) is 21.5. The first-order chi connectivity index (χ1) is 16.7. The molecule has 0 aliphatic carbocycles. The van der Waals surface area contributed by atoms with Crippen molar-refractivity contribution in [3.05, 3.63) is 53.2 Å². The Bertz CT molecular complexity index is 1210. The topological polar surface area (TPSA) is 99.7 Å². The van der Waals surface area contributed by atoms with Gasteiger partial charge < -0.3 is 10.2 Å². The number of nitrogens with zero attached hydrogens (tertiary/aromatic N) is 3. The molecule has 0 saturated carbocycles. The summed E-state index contributed by atoms with van der Waals surface area (Å²) in [5.41, 5.74) is 2.17. The third-order valence-corrected chi connectivity index (χ3v) is 9.12. The van der Waals surface area contributed by atoms with Crippen molar-refractivity contribution in [3.63, 3.8) is 0 Å². The van der Waals surface area contributed by atoms with Gasteiger partial charge in [-0.2, -0.15) is 4.31 Å². The Balaban J connectivity index is 1.43. The van der Waals surface area contributed by atoms with Gasteiger partial charge in [0.05, 0.1) is 4.90 Å². The molecule has 1 aromatic carbocycles. The second-order valence-electron chi connectivity index (χ2n) is 9.71. The van der Waals surface area contributed by atoms with Gasteiger partial charge in [-0.1, -0.05) is 12.5 Å². The predicted octanol–water partition coefficient (Wildman–Crippen LogP) is 3.75. The van der Waals surface area contributed by atoms with Gasteiger partial charge in [-0.25, -0.2) is 13.4 Å². The predicted molar refractivity (Wildman–Crippen MR) is 135 cm³/mol.